The number of benzene rings is 1. The average molecular weight is 348 g/mol. The van der Waals surface area contributed by atoms with Gasteiger partial charge in [0, 0.05) is 16.4 Å². The lowest BCUT2D eigenvalue weighted by Crippen LogP contribution is -2.28. The van der Waals surface area contributed by atoms with Gasteiger partial charge in [-0.1, -0.05) is 17.7 Å². The summed E-state index contributed by atoms with van der Waals surface area (Å²) in [4.78, 5) is 0.631. The van der Waals surface area contributed by atoms with Crippen molar-refractivity contribution in [1.29, 1.82) is 0 Å². The molecule has 0 aliphatic rings. The van der Waals surface area contributed by atoms with Crippen molar-refractivity contribution in [2.75, 3.05) is 13.7 Å². The van der Waals surface area contributed by atoms with Gasteiger partial charge in [-0.3, -0.25) is 0 Å². The van der Waals surface area contributed by atoms with Gasteiger partial charge in [0.1, 0.15) is 16.7 Å². The fourth-order valence-corrected chi connectivity index (χ4v) is 3.89. The first-order valence-electron chi connectivity index (χ1n) is 5.98. The summed E-state index contributed by atoms with van der Waals surface area (Å²) in [5.41, 5.74) is 0. The number of aliphatic hydroxyl groups is 1. The quantitative estimate of drug-likeness (QED) is 0.841. The Morgan fingerprint density at radius 2 is 2.19 bits per heavy atom. The van der Waals surface area contributed by atoms with Crippen LogP contribution in [0.2, 0.25) is 5.02 Å². The van der Waals surface area contributed by atoms with Crippen LogP contribution < -0.4 is 9.46 Å². The van der Waals surface area contributed by atoms with Crippen LogP contribution in [0.3, 0.4) is 0 Å². The second kappa shape index (κ2) is 6.76. The van der Waals surface area contributed by atoms with Gasteiger partial charge in [-0.25, -0.2) is 13.1 Å². The van der Waals surface area contributed by atoms with Gasteiger partial charge < -0.3 is 9.84 Å². The highest BCUT2D eigenvalue weighted by atomic mass is 35.5. The lowest BCUT2D eigenvalue weighted by molar-refractivity contribution is 0.185. The van der Waals surface area contributed by atoms with Gasteiger partial charge in [-0.15, -0.1) is 11.3 Å². The van der Waals surface area contributed by atoms with E-state index in [2.05, 4.69) is 4.72 Å². The van der Waals surface area contributed by atoms with E-state index < -0.39 is 16.1 Å². The zero-order valence-electron chi connectivity index (χ0n) is 11.1. The monoisotopic (exact) mass is 347 g/mol. The van der Waals surface area contributed by atoms with Gasteiger partial charge in [0.25, 0.3) is 0 Å². The van der Waals surface area contributed by atoms with Crippen molar-refractivity contribution in [3.8, 4) is 5.75 Å². The maximum Gasteiger partial charge on any atom is 0.244 e. The van der Waals surface area contributed by atoms with Crippen molar-refractivity contribution in [3.05, 3.63) is 45.6 Å². The van der Waals surface area contributed by atoms with Crippen molar-refractivity contribution >= 4 is 33.0 Å². The molecule has 0 amide bonds. The van der Waals surface area contributed by atoms with Crippen molar-refractivity contribution < 1.29 is 18.3 Å². The summed E-state index contributed by atoms with van der Waals surface area (Å²) in [6, 6.07) is 7.86. The van der Waals surface area contributed by atoms with Gasteiger partial charge in [0.2, 0.25) is 10.0 Å². The topological polar surface area (TPSA) is 75.6 Å². The standard InChI is InChI=1S/C13H14ClNO4S2/c1-19-11-5-4-9(14)7-13(11)21(17,18)15-8-10(16)12-3-2-6-20-12/h2-7,10,15-16H,8H2,1H3. The first kappa shape index (κ1) is 16.3. The maximum atomic E-state index is 12.3. The molecule has 114 valence electrons. The van der Waals surface area contributed by atoms with E-state index >= 15 is 0 Å². The van der Waals surface area contributed by atoms with Gasteiger partial charge in [-0.05, 0) is 29.6 Å². The second-order valence-electron chi connectivity index (χ2n) is 4.18. The fourth-order valence-electron chi connectivity index (χ4n) is 1.71. The summed E-state index contributed by atoms with van der Waals surface area (Å²) >= 11 is 7.19. The largest absolute Gasteiger partial charge is 0.495 e. The summed E-state index contributed by atoms with van der Waals surface area (Å²) < 4.78 is 31.9. The normalized spacial score (nSPS) is 13.1. The van der Waals surface area contributed by atoms with Gasteiger partial charge in [0.15, 0.2) is 0 Å². The SMILES string of the molecule is COc1ccc(Cl)cc1S(=O)(=O)NCC(O)c1cccs1. The van der Waals surface area contributed by atoms with Crippen molar-refractivity contribution in [3.63, 3.8) is 0 Å². The molecule has 1 heterocycles. The summed E-state index contributed by atoms with van der Waals surface area (Å²) in [5, 5.41) is 12.0. The summed E-state index contributed by atoms with van der Waals surface area (Å²) in [7, 11) is -2.45. The molecule has 2 N–H and O–H groups in total. The molecule has 0 spiro atoms. The molecule has 0 fully saturated rings. The van der Waals surface area contributed by atoms with E-state index in [4.69, 9.17) is 16.3 Å². The molecule has 5 nitrogen and oxygen atoms in total. The Morgan fingerprint density at radius 3 is 2.81 bits per heavy atom. The minimum absolute atomic E-state index is 0.0594. The third-order valence-corrected chi connectivity index (χ3v) is 5.41. The number of sulfonamides is 1. The van der Waals surface area contributed by atoms with E-state index in [0.717, 1.165) is 0 Å². The van der Waals surface area contributed by atoms with E-state index in [1.165, 1.54) is 30.6 Å². The minimum atomic E-state index is -3.83. The third kappa shape index (κ3) is 3.96. The van der Waals surface area contributed by atoms with Crippen LogP contribution in [0.5, 0.6) is 5.75 Å². The molecule has 0 saturated heterocycles. The lowest BCUT2D eigenvalue weighted by atomic mass is 10.3. The third-order valence-electron chi connectivity index (χ3n) is 2.75. The molecule has 2 aromatic rings. The highest BCUT2D eigenvalue weighted by molar-refractivity contribution is 7.89. The van der Waals surface area contributed by atoms with Crippen LogP contribution >= 0.6 is 22.9 Å². The second-order valence-corrected chi connectivity index (χ2v) is 7.33. The van der Waals surface area contributed by atoms with Gasteiger partial charge >= 0.3 is 0 Å². The Morgan fingerprint density at radius 1 is 1.43 bits per heavy atom. The smallest absolute Gasteiger partial charge is 0.244 e. The van der Waals surface area contributed by atoms with Gasteiger partial charge in [0.05, 0.1) is 7.11 Å². The van der Waals surface area contributed by atoms with E-state index in [9.17, 15) is 13.5 Å². The summed E-state index contributed by atoms with van der Waals surface area (Å²) in [5.74, 6) is 0.192. The minimum Gasteiger partial charge on any atom is -0.495 e. The molecule has 8 heteroatoms. The molecular formula is C13H14ClNO4S2. The molecule has 1 aromatic heterocycles. The molecule has 0 aliphatic carbocycles. The molecular weight excluding hydrogens is 334 g/mol. The average Bonchev–Trinajstić information content (AvgIpc) is 2.99. The number of nitrogens with one attached hydrogen (secondary N) is 1. The predicted octanol–water partition coefficient (Wildman–Crippen LogP) is 2.42. The predicted molar refractivity (Wildman–Crippen MR) is 82.5 cm³/mol. The van der Waals surface area contributed by atoms with Crippen LogP contribution in [0.1, 0.15) is 11.0 Å². The maximum absolute atomic E-state index is 12.3. The Kier molecular flexibility index (Phi) is 5.23. The zero-order chi connectivity index (χ0) is 15.5. The van der Waals surface area contributed by atoms with E-state index in [1.54, 1.807) is 18.2 Å². The zero-order valence-corrected chi connectivity index (χ0v) is 13.5. The molecule has 1 atom stereocenters. The Hall–Kier alpha value is -1.12. The van der Waals surface area contributed by atoms with E-state index in [0.29, 0.717) is 4.88 Å². The molecule has 0 aliphatic heterocycles. The fraction of sp³-hybridized carbons (Fsp3) is 0.231. The van der Waals surface area contributed by atoms with Crippen LogP contribution in [0, 0.1) is 0 Å². The van der Waals surface area contributed by atoms with E-state index in [1.807, 2.05) is 5.38 Å². The van der Waals surface area contributed by atoms with Crippen molar-refractivity contribution in [2.45, 2.75) is 11.0 Å². The number of hydrogen-bond acceptors (Lipinski definition) is 5. The summed E-state index contributed by atoms with van der Waals surface area (Å²) in [6.07, 6.45) is -0.898. The molecule has 2 rings (SSSR count). The first-order chi connectivity index (χ1) is 9.94. The number of methoxy groups -OCH3 is 1. The molecule has 21 heavy (non-hydrogen) atoms. The Balaban J connectivity index is 2.17. The Bertz CT molecular complexity index is 701. The first-order valence-corrected chi connectivity index (χ1v) is 8.73. The molecule has 0 saturated carbocycles. The highest BCUT2D eigenvalue weighted by Crippen LogP contribution is 2.27. The Labute approximate surface area is 132 Å². The molecule has 1 unspecified atom stereocenters. The lowest BCUT2D eigenvalue weighted by Gasteiger charge is -2.13. The van der Waals surface area contributed by atoms with Crippen LogP contribution in [-0.2, 0) is 10.0 Å². The van der Waals surface area contributed by atoms with Gasteiger partial charge in [-0.2, -0.15) is 0 Å². The number of aliphatic hydroxyl groups excluding tert-OH is 1. The number of thiophene rings is 1. The number of ether oxygens (including phenoxy) is 1. The molecule has 0 bridgehead atoms. The molecule has 0 radical (unpaired) electrons. The van der Waals surface area contributed by atoms with E-state index in [-0.39, 0.29) is 22.2 Å². The van der Waals surface area contributed by atoms with Crippen molar-refractivity contribution in [1.82, 2.24) is 4.72 Å². The van der Waals surface area contributed by atoms with Crippen LogP contribution in [0.15, 0.2) is 40.6 Å². The number of rotatable bonds is 6. The number of halogens is 1. The molecule has 1 aromatic carbocycles. The van der Waals surface area contributed by atoms with Crippen LogP contribution in [0.4, 0.5) is 0 Å². The van der Waals surface area contributed by atoms with Crippen LogP contribution in [0.25, 0.3) is 0 Å². The summed E-state index contributed by atoms with van der Waals surface area (Å²) in [6.45, 7) is -0.126. The highest BCUT2D eigenvalue weighted by Gasteiger charge is 2.21. The number of hydrogen-bond donors (Lipinski definition) is 2. The van der Waals surface area contributed by atoms with Crippen molar-refractivity contribution in [2.24, 2.45) is 0 Å². The van der Waals surface area contributed by atoms with Crippen LogP contribution in [-0.4, -0.2) is 27.2 Å².